The van der Waals surface area contributed by atoms with Gasteiger partial charge in [-0.15, -0.1) is 11.8 Å². The molecular formula is C14H21N3OS. The van der Waals surface area contributed by atoms with Crippen molar-refractivity contribution in [2.75, 3.05) is 5.75 Å². The lowest BCUT2D eigenvalue weighted by Crippen LogP contribution is -2.09. The number of oxazole rings is 1. The Morgan fingerprint density at radius 1 is 1.42 bits per heavy atom. The summed E-state index contributed by atoms with van der Waals surface area (Å²) in [5.41, 5.74) is 0.0185. The summed E-state index contributed by atoms with van der Waals surface area (Å²) in [6, 6.07) is 1.94. The van der Waals surface area contributed by atoms with Gasteiger partial charge in [-0.1, -0.05) is 20.8 Å². The van der Waals surface area contributed by atoms with Gasteiger partial charge in [0.2, 0.25) is 5.89 Å². The average molecular weight is 279 g/mol. The van der Waals surface area contributed by atoms with Crippen LogP contribution in [0.5, 0.6) is 0 Å². The first kappa shape index (κ1) is 14.2. The smallest absolute Gasteiger partial charge is 0.207 e. The second kappa shape index (κ2) is 5.82. The summed E-state index contributed by atoms with van der Waals surface area (Å²) >= 11 is 1.83. The van der Waals surface area contributed by atoms with Crippen molar-refractivity contribution < 1.29 is 4.42 Å². The van der Waals surface area contributed by atoms with Crippen LogP contribution in [-0.4, -0.2) is 20.5 Å². The van der Waals surface area contributed by atoms with Gasteiger partial charge in [0.05, 0.1) is 11.4 Å². The summed E-state index contributed by atoms with van der Waals surface area (Å²) in [5, 5.41) is 4.46. The molecule has 0 bridgehead atoms. The molecule has 104 valence electrons. The Kier molecular flexibility index (Phi) is 4.34. The van der Waals surface area contributed by atoms with E-state index < -0.39 is 0 Å². The van der Waals surface area contributed by atoms with Crippen LogP contribution in [0.4, 0.5) is 0 Å². The fraction of sp³-hybridized carbons (Fsp3) is 0.571. The molecule has 0 aliphatic rings. The van der Waals surface area contributed by atoms with Crippen LogP contribution in [0, 0.1) is 0 Å². The minimum Gasteiger partial charge on any atom is -0.444 e. The molecule has 2 heterocycles. The van der Waals surface area contributed by atoms with Crippen molar-refractivity contribution in [2.45, 2.75) is 44.9 Å². The molecule has 0 fully saturated rings. The molecule has 0 aliphatic heterocycles. The lowest BCUT2D eigenvalue weighted by molar-refractivity contribution is 0.383. The van der Waals surface area contributed by atoms with E-state index in [0.29, 0.717) is 0 Å². The van der Waals surface area contributed by atoms with Crippen LogP contribution in [0.2, 0.25) is 0 Å². The summed E-state index contributed by atoms with van der Waals surface area (Å²) in [6.07, 6.45) is 5.63. The third-order valence-electron chi connectivity index (χ3n) is 2.86. The summed E-state index contributed by atoms with van der Waals surface area (Å²) in [5.74, 6) is 2.76. The van der Waals surface area contributed by atoms with Crippen LogP contribution in [0.3, 0.4) is 0 Å². The molecule has 0 aromatic carbocycles. The molecule has 2 aromatic heterocycles. The van der Waals surface area contributed by atoms with Crippen LogP contribution in [-0.2, 0) is 12.0 Å². The summed E-state index contributed by atoms with van der Waals surface area (Å²) < 4.78 is 7.78. The maximum absolute atomic E-state index is 5.84. The minimum atomic E-state index is 0.0185. The van der Waals surface area contributed by atoms with Crippen LogP contribution < -0.4 is 0 Å². The SMILES string of the molecule is CC(SCCn1cccn1)c1ncc(C(C)(C)C)o1. The Bertz CT molecular complexity index is 499. The summed E-state index contributed by atoms with van der Waals surface area (Å²) in [7, 11) is 0. The maximum atomic E-state index is 5.84. The number of aromatic nitrogens is 3. The van der Waals surface area contributed by atoms with Crippen LogP contribution in [0.15, 0.2) is 29.1 Å². The molecule has 4 nitrogen and oxygen atoms in total. The lowest BCUT2D eigenvalue weighted by atomic mass is 9.94. The van der Waals surface area contributed by atoms with E-state index in [0.717, 1.165) is 23.9 Å². The van der Waals surface area contributed by atoms with Crippen molar-refractivity contribution in [3.63, 3.8) is 0 Å². The van der Waals surface area contributed by atoms with Crippen molar-refractivity contribution in [1.29, 1.82) is 0 Å². The van der Waals surface area contributed by atoms with Crippen LogP contribution >= 0.6 is 11.8 Å². The molecule has 0 saturated carbocycles. The molecule has 0 spiro atoms. The van der Waals surface area contributed by atoms with Gasteiger partial charge < -0.3 is 4.42 Å². The topological polar surface area (TPSA) is 43.9 Å². The Labute approximate surface area is 118 Å². The molecular weight excluding hydrogens is 258 g/mol. The largest absolute Gasteiger partial charge is 0.444 e. The zero-order valence-corrected chi connectivity index (χ0v) is 12.8. The highest BCUT2D eigenvalue weighted by molar-refractivity contribution is 7.99. The second-order valence-electron chi connectivity index (χ2n) is 5.59. The van der Waals surface area contributed by atoms with E-state index in [1.54, 1.807) is 6.20 Å². The maximum Gasteiger partial charge on any atom is 0.207 e. The van der Waals surface area contributed by atoms with Crippen molar-refractivity contribution >= 4 is 11.8 Å². The van der Waals surface area contributed by atoms with E-state index in [1.807, 2.05) is 34.9 Å². The fourth-order valence-electron chi connectivity index (χ4n) is 1.65. The number of aryl methyl sites for hydroxylation is 1. The highest BCUT2D eigenvalue weighted by Crippen LogP contribution is 2.31. The number of hydrogen-bond acceptors (Lipinski definition) is 4. The Morgan fingerprint density at radius 3 is 2.79 bits per heavy atom. The third-order valence-corrected chi connectivity index (χ3v) is 3.98. The molecule has 0 amide bonds. The zero-order valence-electron chi connectivity index (χ0n) is 12.0. The Balaban J connectivity index is 1.86. The van der Waals surface area contributed by atoms with E-state index >= 15 is 0 Å². The number of rotatable bonds is 5. The van der Waals surface area contributed by atoms with Gasteiger partial charge in [0, 0.05) is 30.1 Å². The molecule has 0 radical (unpaired) electrons. The van der Waals surface area contributed by atoms with Gasteiger partial charge in [-0.25, -0.2) is 4.98 Å². The molecule has 2 aromatic rings. The van der Waals surface area contributed by atoms with Crippen LogP contribution in [0.1, 0.15) is 44.6 Å². The Morgan fingerprint density at radius 2 is 2.21 bits per heavy atom. The van der Waals surface area contributed by atoms with E-state index in [9.17, 15) is 0 Å². The lowest BCUT2D eigenvalue weighted by Gasteiger charge is -2.14. The highest BCUT2D eigenvalue weighted by Gasteiger charge is 2.21. The van der Waals surface area contributed by atoms with Crippen molar-refractivity contribution in [1.82, 2.24) is 14.8 Å². The van der Waals surface area contributed by atoms with E-state index in [-0.39, 0.29) is 10.7 Å². The average Bonchev–Trinajstić information content (AvgIpc) is 2.99. The highest BCUT2D eigenvalue weighted by atomic mass is 32.2. The zero-order chi connectivity index (χ0) is 13.9. The van der Waals surface area contributed by atoms with E-state index in [2.05, 4.69) is 37.8 Å². The monoisotopic (exact) mass is 279 g/mol. The number of hydrogen-bond donors (Lipinski definition) is 0. The quantitative estimate of drug-likeness (QED) is 0.837. The summed E-state index contributed by atoms with van der Waals surface area (Å²) in [6.45, 7) is 9.44. The normalized spacial score (nSPS) is 13.7. The van der Waals surface area contributed by atoms with Gasteiger partial charge >= 0.3 is 0 Å². The standard InChI is InChI=1S/C14H21N3OS/c1-11(19-9-8-17-7-5-6-16-17)13-15-10-12(18-13)14(2,3)4/h5-7,10-11H,8-9H2,1-4H3. The predicted octanol–water partition coefficient (Wildman–Crippen LogP) is 3.66. The Hall–Kier alpha value is -1.23. The number of thioether (sulfide) groups is 1. The first-order valence-corrected chi connectivity index (χ1v) is 7.57. The minimum absolute atomic E-state index is 0.0185. The van der Waals surface area contributed by atoms with Gasteiger partial charge in [-0.05, 0) is 13.0 Å². The van der Waals surface area contributed by atoms with E-state index in [4.69, 9.17) is 4.42 Å². The first-order valence-electron chi connectivity index (χ1n) is 6.52. The van der Waals surface area contributed by atoms with Crippen molar-refractivity contribution in [3.05, 3.63) is 36.3 Å². The van der Waals surface area contributed by atoms with Gasteiger partial charge in [-0.2, -0.15) is 5.10 Å². The van der Waals surface area contributed by atoms with Crippen molar-refractivity contribution in [3.8, 4) is 0 Å². The predicted molar refractivity (Wildman–Crippen MR) is 78.3 cm³/mol. The third kappa shape index (κ3) is 3.86. The molecule has 0 saturated heterocycles. The number of nitrogens with zero attached hydrogens (tertiary/aromatic N) is 3. The molecule has 1 unspecified atom stereocenters. The molecule has 0 N–H and O–H groups in total. The molecule has 2 rings (SSSR count). The molecule has 1 atom stereocenters. The molecule has 19 heavy (non-hydrogen) atoms. The molecule has 5 heteroatoms. The van der Waals surface area contributed by atoms with Gasteiger partial charge in [0.1, 0.15) is 5.76 Å². The van der Waals surface area contributed by atoms with Gasteiger partial charge in [0.25, 0.3) is 0 Å². The van der Waals surface area contributed by atoms with Gasteiger partial charge in [0.15, 0.2) is 0 Å². The van der Waals surface area contributed by atoms with E-state index in [1.165, 1.54) is 0 Å². The molecule has 0 aliphatic carbocycles. The van der Waals surface area contributed by atoms with Gasteiger partial charge in [-0.3, -0.25) is 4.68 Å². The second-order valence-corrected chi connectivity index (χ2v) is 7.04. The van der Waals surface area contributed by atoms with Crippen molar-refractivity contribution in [2.24, 2.45) is 0 Å². The fourth-order valence-corrected chi connectivity index (χ4v) is 2.55. The first-order chi connectivity index (χ1) is 8.97. The summed E-state index contributed by atoms with van der Waals surface area (Å²) in [4.78, 5) is 4.39. The van der Waals surface area contributed by atoms with Crippen LogP contribution in [0.25, 0.3) is 0 Å².